The fraction of sp³-hybridized carbons (Fsp3) is 0.235. The maximum atomic E-state index is 13.2. The monoisotopic (exact) mass is 321 g/mol. The van der Waals surface area contributed by atoms with Crippen LogP contribution in [0.4, 0.5) is 14.5 Å². The van der Waals surface area contributed by atoms with E-state index in [2.05, 4.69) is 5.32 Å². The molecule has 0 saturated heterocycles. The van der Waals surface area contributed by atoms with Gasteiger partial charge in [0, 0.05) is 11.8 Å². The third-order valence-electron chi connectivity index (χ3n) is 3.19. The van der Waals surface area contributed by atoms with Gasteiger partial charge in [-0.05, 0) is 42.8 Å². The average molecular weight is 321 g/mol. The Hall–Kier alpha value is -2.63. The molecule has 2 aromatic rings. The minimum Gasteiger partial charge on any atom is -0.497 e. The number of halogens is 2. The molecule has 23 heavy (non-hydrogen) atoms. The van der Waals surface area contributed by atoms with Crippen molar-refractivity contribution in [2.75, 3.05) is 12.4 Å². The van der Waals surface area contributed by atoms with Gasteiger partial charge in [0.25, 0.3) is 5.91 Å². The molecular weight excluding hydrogens is 304 g/mol. The van der Waals surface area contributed by atoms with E-state index >= 15 is 0 Å². The molecule has 0 fully saturated rings. The van der Waals surface area contributed by atoms with Gasteiger partial charge in [0.05, 0.1) is 7.11 Å². The Balaban J connectivity index is 2.03. The van der Waals surface area contributed by atoms with Gasteiger partial charge in [-0.15, -0.1) is 0 Å². The standard InChI is InChI=1S/C17H17F2NO3/c1-3-16(23-13-7-5-12(22-2)6-8-13)17(21)20-11-4-9-14(18)15(19)10-11/h4-10,16H,3H2,1-2H3,(H,20,21). The van der Waals surface area contributed by atoms with E-state index in [0.717, 1.165) is 12.1 Å². The Morgan fingerprint density at radius 2 is 1.74 bits per heavy atom. The van der Waals surface area contributed by atoms with Crippen LogP contribution in [0.5, 0.6) is 11.5 Å². The van der Waals surface area contributed by atoms with Gasteiger partial charge in [-0.25, -0.2) is 8.78 Å². The first-order valence-electron chi connectivity index (χ1n) is 7.10. The fourth-order valence-electron chi connectivity index (χ4n) is 1.94. The number of anilines is 1. The number of nitrogens with one attached hydrogen (secondary N) is 1. The Labute approximate surface area is 133 Å². The van der Waals surface area contributed by atoms with Gasteiger partial charge < -0.3 is 14.8 Å². The van der Waals surface area contributed by atoms with Crippen molar-refractivity contribution >= 4 is 11.6 Å². The molecule has 1 atom stereocenters. The molecule has 4 nitrogen and oxygen atoms in total. The molecule has 2 rings (SSSR count). The first kappa shape index (κ1) is 16.7. The summed E-state index contributed by atoms with van der Waals surface area (Å²) in [4.78, 5) is 12.2. The smallest absolute Gasteiger partial charge is 0.265 e. The van der Waals surface area contributed by atoms with E-state index < -0.39 is 23.6 Å². The molecule has 1 amide bonds. The van der Waals surface area contributed by atoms with Crippen molar-refractivity contribution in [1.82, 2.24) is 0 Å². The lowest BCUT2D eigenvalue weighted by molar-refractivity contribution is -0.122. The third-order valence-corrected chi connectivity index (χ3v) is 3.19. The second kappa shape index (κ2) is 7.58. The van der Waals surface area contributed by atoms with E-state index in [0.29, 0.717) is 17.9 Å². The zero-order valence-electron chi connectivity index (χ0n) is 12.8. The Kier molecular flexibility index (Phi) is 5.51. The Morgan fingerprint density at radius 3 is 2.30 bits per heavy atom. The summed E-state index contributed by atoms with van der Waals surface area (Å²) in [6.07, 6.45) is -0.335. The first-order chi connectivity index (χ1) is 11.0. The minimum atomic E-state index is -1.02. The van der Waals surface area contributed by atoms with Crippen LogP contribution in [0.25, 0.3) is 0 Å². The summed E-state index contributed by atoms with van der Waals surface area (Å²) < 4.78 is 36.7. The van der Waals surface area contributed by atoms with Gasteiger partial charge in [0.15, 0.2) is 17.7 Å². The number of amides is 1. The van der Waals surface area contributed by atoms with Gasteiger partial charge in [-0.1, -0.05) is 6.92 Å². The van der Waals surface area contributed by atoms with Crippen LogP contribution in [-0.4, -0.2) is 19.1 Å². The number of hydrogen-bond acceptors (Lipinski definition) is 3. The number of rotatable bonds is 6. The van der Waals surface area contributed by atoms with E-state index in [9.17, 15) is 13.6 Å². The van der Waals surface area contributed by atoms with E-state index in [-0.39, 0.29) is 5.69 Å². The van der Waals surface area contributed by atoms with Crippen LogP contribution in [0.3, 0.4) is 0 Å². The zero-order valence-corrected chi connectivity index (χ0v) is 12.8. The molecule has 0 aliphatic carbocycles. The zero-order chi connectivity index (χ0) is 16.8. The summed E-state index contributed by atoms with van der Waals surface area (Å²) in [5.41, 5.74) is 0.172. The molecule has 0 spiro atoms. The number of hydrogen-bond donors (Lipinski definition) is 1. The van der Waals surface area contributed by atoms with Gasteiger partial charge in [0.2, 0.25) is 0 Å². The predicted molar refractivity (Wildman–Crippen MR) is 82.7 cm³/mol. The lowest BCUT2D eigenvalue weighted by Gasteiger charge is -2.17. The second-order valence-electron chi connectivity index (χ2n) is 4.81. The molecule has 2 aromatic carbocycles. The molecule has 0 saturated carbocycles. The second-order valence-corrected chi connectivity index (χ2v) is 4.81. The van der Waals surface area contributed by atoms with Crippen molar-refractivity contribution < 1.29 is 23.0 Å². The van der Waals surface area contributed by atoms with E-state index in [4.69, 9.17) is 9.47 Å². The SMILES string of the molecule is CCC(Oc1ccc(OC)cc1)C(=O)Nc1ccc(F)c(F)c1. The predicted octanol–water partition coefficient (Wildman–Crippen LogP) is 3.77. The highest BCUT2D eigenvalue weighted by molar-refractivity contribution is 5.94. The fourth-order valence-corrected chi connectivity index (χ4v) is 1.94. The van der Waals surface area contributed by atoms with Crippen molar-refractivity contribution in [3.05, 3.63) is 54.1 Å². The molecule has 0 aliphatic heterocycles. The summed E-state index contributed by atoms with van der Waals surface area (Å²) in [7, 11) is 1.56. The van der Waals surface area contributed by atoms with E-state index in [1.54, 1.807) is 38.3 Å². The Bertz CT molecular complexity index is 674. The molecular formula is C17H17F2NO3. The highest BCUT2D eigenvalue weighted by atomic mass is 19.2. The maximum Gasteiger partial charge on any atom is 0.265 e. The number of carbonyl (C=O) groups is 1. The minimum absolute atomic E-state index is 0.172. The maximum absolute atomic E-state index is 13.2. The number of ether oxygens (including phenoxy) is 2. The molecule has 0 radical (unpaired) electrons. The molecule has 0 aromatic heterocycles. The average Bonchev–Trinajstić information content (AvgIpc) is 2.56. The van der Waals surface area contributed by atoms with Gasteiger partial charge in [-0.2, -0.15) is 0 Å². The molecule has 0 bridgehead atoms. The molecule has 122 valence electrons. The highest BCUT2D eigenvalue weighted by Gasteiger charge is 2.19. The highest BCUT2D eigenvalue weighted by Crippen LogP contribution is 2.20. The van der Waals surface area contributed by atoms with Crippen molar-refractivity contribution in [2.45, 2.75) is 19.4 Å². The largest absolute Gasteiger partial charge is 0.497 e. The number of methoxy groups -OCH3 is 1. The van der Waals surface area contributed by atoms with Crippen molar-refractivity contribution in [1.29, 1.82) is 0 Å². The number of carbonyl (C=O) groups excluding carboxylic acids is 1. The molecule has 6 heteroatoms. The summed E-state index contributed by atoms with van der Waals surface area (Å²) >= 11 is 0. The number of benzene rings is 2. The van der Waals surface area contributed by atoms with E-state index in [1.807, 2.05) is 0 Å². The normalized spacial score (nSPS) is 11.7. The van der Waals surface area contributed by atoms with E-state index in [1.165, 1.54) is 6.07 Å². The van der Waals surface area contributed by atoms with Crippen LogP contribution < -0.4 is 14.8 Å². The van der Waals surface area contributed by atoms with Crippen molar-refractivity contribution in [3.63, 3.8) is 0 Å². The van der Waals surface area contributed by atoms with Crippen LogP contribution in [0.15, 0.2) is 42.5 Å². The quantitative estimate of drug-likeness (QED) is 0.881. The topological polar surface area (TPSA) is 47.6 Å². The first-order valence-corrected chi connectivity index (χ1v) is 7.10. The summed E-state index contributed by atoms with van der Waals surface area (Å²) in [5.74, 6) is -1.24. The third kappa shape index (κ3) is 4.42. The van der Waals surface area contributed by atoms with Crippen molar-refractivity contribution in [3.8, 4) is 11.5 Å². The van der Waals surface area contributed by atoms with Gasteiger partial charge in [0.1, 0.15) is 11.5 Å². The van der Waals surface area contributed by atoms with Gasteiger partial charge in [-0.3, -0.25) is 4.79 Å². The molecule has 0 heterocycles. The molecule has 1 unspecified atom stereocenters. The molecule has 1 N–H and O–H groups in total. The van der Waals surface area contributed by atoms with Crippen LogP contribution in [0, 0.1) is 11.6 Å². The molecule has 0 aliphatic rings. The summed E-state index contributed by atoms with van der Waals surface area (Å²) in [6, 6.07) is 9.98. The van der Waals surface area contributed by atoms with Crippen molar-refractivity contribution in [2.24, 2.45) is 0 Å². The van der Waals surface area contributed by atoms with Crippen LogP contribution in [-0.2, 0) is 4.79 Å². The van der Waals surface area contributed by atoms with Crippen LogP contribution in [0.1, 0.15) is 13.3 Å². The summed E-state index contributed by atoms with van der Waals surface area (Å²) in [6.45, 7) is 1.79. The lowest BCUT2D eigenvalue weighted by Crippen LogP contribution is -2.32. The van der Waals surface area contributed by atoms with Crippen LogP contribution in [0.2, 0.25) is 0 Å². The van der Waals surface area contributed by atoms with Crippen LogP contribution >= 0.6 is 0 Å². The Morgan fingerprint density at radius 1 is 1.09 bits per heavy atom. The summed E-state index contributed by atoms with van der Waals surface area (Å²) in [5, 5.41) is 2.51. The van der Waals surface area contributed by atoms with Gasteiger partial charge >= 0.3 is 0 Å². The lowest BCUT2D eigenvalue weighted by atomic mass is 10.2.